The first-order valence-corrected chi connectivity index (χ1v) is 6.18. The highest BCUT2D eigenvalue weighted by Crippen LogP contribution is 2.08. The van der Waals surface area contributed by atoms with Crippen molar-refractivity contribution in [2.75, 3.05) is 0 Å². The van der Waals surface area contributed by atoms with E-state index in [-0.39, 0.29) is 5.69 Å². The van der Waals surface area contributed by atoms with E-state index in [0.29, 0.717) is 0 Å². The van der Waals surface area contributed by atoms with Gasteiger partial charge >= 0.3 is 6.09 Å². The molecule has 0 fully saturated rings. The molecular weight excluding hydrogens is 262 g/mol. The summed E-state index contributed by atoms with van der Waals surface area (Å²) < 4.78 is 5.04. The van der Waals surface area contributed by atoms with Gasteiger partial charge < -0.3 is 15.2 Å². The van der Waals surface area contributed by atoms with Crippen molar-refractivity contribution < 1.29 is 19.4 Å². The molecule has 1 aromatic heterocycles. The van der Waals surface area contributed by atoms with E-state index in [1.165, 1.54) is 25.5 Å². The molecule has 2 N–H and O–H groups in total. The van der Waals surface area contributed by atoms with Crippen molar-refractivity contribution in [3.05, 3.63) is 24.3 Å². The quantitative estimate of drug-likeness (QED) is 0.796. The fraction of sp³-hybridized carbons (Fsp3) is 0.538. The lowest BCUT2D eigenvalue weighted by Gasteiger charge is -2.23. The van der Waals surface area contributed by atoms with Crippen LogP contribution in [-0.2, 0) is 4.74 Å². The van der Waals surface area contributed by atoms with Crippen LogP contribution in [-0.4, -0.2) is 44.7 Å². The SMILES string of the molecule is CC(NC(=O)OC(C)(C)C)C(O)C(=O)c1cnccn1. The Labute approximate surface area is 117 Å². The Hall–Kier alpha value is -2.02. The number of hydrogen-bond donors (Lipinski definition) is 2. The molecule has 0 aromatic carbocycles. The van der Waals surface area contributed by atoms with Crippen LogP contribution in [0.4, 0.5) is 4.79 Å². The summed E-state index contributed by atoms with van der Waals surface area (Å²) in [6.45, 7) is 6.66. The average molecular weight is 281 g/mol. The molecule has 1 aromatic rings. The number of Topliss-reactive ketones (excluding diaryl/α,β-unsaturated/α-hetero) is 1. The van der Waals surface area contributed by atoms with Gasteiger partial charge in [-0.15, -0.1) is 0 Å². The Bertz CT molecular complexity index is 470. The maximum Gasteiger partial charge on any atom is 0.407 e. The third-order valence-corrected chi connectivity index (χ3v) is 2.30. The molecular formula is C13H19N3O4. The van der Waals surface area contributed by atoms with Crippen molar-refractivity contribution in [1.82, 2.24) is 15.3 Å². The molecule has 0 bridgehead atoms. The number of amides is 1. The molecule has 0 spiro atoms. The van der Waals surface area contributed by atoms with Gasteiger partial charge in [-0.1, -0.05) is 0 Å². The second-order valence-corrected chi connectivity index (χ2v) is 5.33. The summed E-state index contributed by atoms with van der Waals surface area (Å²) >= 11 is 0. The molecule has 0 saturated heterocycles. The standard InChI is InChI=1S/C13H19N3O4/c1-8(16-12(19)20-13(2,3)4)10(17)11(18)9-7-14-5-6-15-9/h5-8,10,17H,1-4H3,(H,16,19). The van der Waals surface area contributed by atoms with E-state index in [9.17, 15) is 14.7 Å². The summed E-state index contributed by atoms with van der Waals surface area (Å²) in [5.74, 6) is -0.610. The molecule has 2 unspecified atom stereocenters. The first-order chi connectivity index (χ1) is 9.20. The highest BCUT2D eigenvalue weighted by atomic mass is 16.6. The van der Waals surface area contributed by atoms with Crippen LogP contribution in [0.5, 0.6) is 0 Å². The minimum atomic E-state index is -1.42. The zero-order valence-electron chi connectivity index (χ0n) is 12.0. The first kappa shape index (κ1) is 16.0. The van der Waals surface area contributed by atoms with Crippen LogP contribution in [0.3, 0.4) is 0 Å². The van der Waals surface area contributed by atoms with E-state index in [0.717, 1.165) is 0 Å². The number of ketones is 1. The monoisotopic (exact) mass is 281 g/mol. The molecule has 0 radical (unpaired) electrons. The summed E-state index contributed by atoms with van der Waals surface area (Å²) in [7, 11) is 0. The molecule has 7 nitrogen and oxygen atoms in total. The molecule has 2 atom stereocenters. The van der Waals surface area contributed by atoms with Crippen LogP contribution < -0.4 is 5.32 Å². The molecule has 1 heterocycles. The Kier molecular flexibility index (Phi) is 5.15. The third kappa shape index (κ3) is 4.93. The summed E-state index contributed by atoms with van der Waals surface area (Å²) in [4.78, 5) is 31.0. The van der Waals surface area contributed by atoms with Crippen LogP contribution in [0.1, 0.15) is 38.2 Å². The molecule has 0 aliphatic carbocycles. The normalized spacial score (nSPS) is 14.2. The predicted octanol–water partition coefficient (Wildman–Crippen LogP) is 0.933. The van der Waals surface area contributed by atoms with E-state index in [1.807, 2.05) is 0 Å². The lowest BCUT2D eigenvalue weighted by molar-refractivity contribution is 0.0423. The Morgan fingerprint density at radius 1 is 1.35 bits per heavy atom. The second kappa shape index (κ2) is 6.42. The topological polar surface area (TPSA) is 101 Å². The molecule has 7 heteroatoms. The predicted molar refractivity (Wildman–Crippen MR) is 71.2 cm³/mol. The van der Waals surface area contributed by atoms with Gasteiger partial charge in [0.15, 0.2) is 0 Å². The van der Waals surface area contributed by atoms with Gasteiger partial charge in [0, 0.05) is 12.4 Å². The fourth-order valence-electron chi connectivity index (χ4n) is 1.38. The number of aromatic nitrogens is 2. The van der Waals surface area contributed by atoms with Crippen molar-refractivity contribution in [2.45, 2.75) is 45.4 Å². The number of nitrogens with zero attached hydrogens (tertiary/aromatic N) is 2. The van der Waals surface area contributed by atoms with Gasteiger partial charge in [-0.05, 0) is 27.7 Å². The van der Waals surface area contributed by atoms with Crippen molar-refractivity contribution in [3.8, 4) is 0 Å². The number of ether oxygens (including phenoxy) is 1. The Morgan fingerprint density at radius 3 is 2.50 bits per heavy atom. The van der Waals surface area contributed by atoms with Gasteiger partial charge in [0.2, 0.25) is 5.78 Å². The zero-order chi connectivity index (χ0) is 15.3. The number of hydrogen-bond acceptors (Lipinski definition) is 6. The van der Waals surface area contributed by atoms with Crippen LogP contribution in [0.2, 0.25) is 0 Å². The highest BCUT2D eigenvalue weighted by Gasteiger charge is 2.27. The molecule has 20 heavy (non-hydrogen) atoms. The maximum atomic E-state index is 11.9. The van der Waals surface area contributed by atoms with Gasteiger partial charge in [0.25, 0.3) is 0 Å². The largest absolute Gasteiger partial charge is 0.444 e. The van der Waals surface area contributed by atoms with E-state index in [4.69, 9.17) is 4.74 Å². The van der Waals surface area contributed by atoms with Crippen LogP contribution in [0.25, 0.3) is 0 Å². The van der Waals surface area contributed by atoms with Gasteiger partial charge in [0.1, 0.15) is 17.4 Å². The first-order valence-electron chi connectivity index (χ1n) is 6.18. The van der Waals surface area contributed by atoms with Crippen molar-refractivity contribution in [1.29, 1.82) is 0 Å². The molecule has 0 aliphatic heterocycles. The summed E-state index contributed by atoms with van der Waals surface area (Å²) in [5, 5.41) is 12.3. The summed E-state index contributed by atoms with van der Waals surface area (Å²) in [5.41, 5.74) is -0.609. The number of nitrogens with one attached hydrogen (secondary N) is 1. The van der Waals surface area contributed by atoms with Crippen molar-refractivity contribution >= 4 is 11.9 Å². The second-order valence-electron chi connectivity index (χ2n) is 5.33. The van der Waals surface area contributed by atoms with Crippen LogP contribution >= 0.6 is 0 Å². The maximum absolute atomic E-state index is 11.9. The van der Waals surface area contributed by atoms with Gasteiger partial charge in [0.05, 0.1) is 12.2 Å². The zero-order valence-corrected chi connectivity index (χ0v) is 12.0. The lowest BCUT2D eigenvalue weighted by Crippen LogP contribution is -2.46. The van der Waals surface area contributed by atoms with E-state index in [2.05, 4.69) is 15.3 Å². The summed E-state index contributed by atoms with van der Waals surface area (Å²) in [6, 6.07) is -0.806. The molecule has 0 saturated carbocycles. The minimum Gasteiger partial charge on any atom is -0.444 e. The fourth-order valence-corrected chi connectivity index (χ4v) is 1.38. The number of carbonyl (C=O) groups excluding carboxylic acids is 2. The van der Waals surface area contributed by atoms with E-state index >= 15 is 0 Å². The Morgan fingerprint density at radius 2 is 2.00 bits per heavy atom. The number of carbonyl (C=O) groups is 2. The van der Waals surface area contributed by atoms with E-state index in [1.54, 1.807) is 20.8 Å². The number of alkyl carbamates (subject to hydrolysis) is 1. The van der Waals surface area contributed by atoms with E-state index < -0.39 is 29.6 Å². The Balaban J connectivity index is 2.61. The number of aliphatic hydroxyl groups excluding tert-OH is 1. The number of aliphatic hydroxyl groups is 1. The van der Waals surface area contributed by atoms with Crippen LogP contribution in [0, 0.1) is 0 Å². The smallest absolute Gasteiger partial charge is 0.407 e. The highest BCUT2D eigenvalue weighted by molar-refractivity contribution is 5.98. The summed E-state index contributed by atoms with van der Waals surface area (Å²) in [6.07, 6.45) is 1.92. The van der Waals surface area contributed by atoms with Crippen molar-refractivity contribution in [3.63, 3.8) is 0 Å². The molecule has 1 amide bonds. The molecule has 1 rings (SSSR count). The molecule has 110 valence electrons. The average Bonchev–Trinajstić information content (AvgIpc) is 2.35. The van der Waals surface area contributed by atoms with Crippen LogP contribution in [0.15, 0.2) is 18.6 Å². The van der Waals surface area contributed by atoms with Crippen molar-refractivity contribution in [2.24, 2.45) is 0 Å². The van der Waals surface area contributed by atoms with Gasteiger partial charge in [-0.3, -0.25) is 9.78 Å². The van der Waals surface area contributed by atoms with Gasteiger partial charge in [-0.2, -0.15) is 0 Å². The minimum absolute atomic E-state index is 0.0397. The molecule has 0 aliphatic rings. The number of rotatable bonds is 4. The lowest BCUT2D eigenvalue weighted by atomic mass is 10.1. The van der Waals surface area contributed by atoms with Gasteiger partial charge in [-0.25, -0.2) is 9.78 Å². The third-order valence-electron chi connectivity index (χ3n) is 2.30.